The van der Waals surface area contributed by atoms with Gasteiger partial charge < -0.3 is 15.5 Å². The zero-order valence-electron chi connectivity index (χ0n) is 21.2. The molecule has 0 aliphatic rings. The molecule has 184 valence electrons. The fourth-order valence-electron chi connectivity index (χ4n) is 3.95. The smallest absolute Gasteiger partial charge is 0.322 e. The van der Waals surface area contributed by atoms with Gasteiger partial charge in [-0.15, -0.1) is 12.6 Å². The van der Waals surface area contributed by atoms with Crippen molar-refractivity contribution >= 4 is 24.5 Å². The van der Waals surface area contributed by atoms with Crippen LogP contribution in [0.1, 0.15) is 88.7 Å². The van der Waals surface area contributed by atoms with Gasteiger partial charge in [0.05, 0.1) is 6.10 Å². The first-order valence-corrected chi connectivity index (χ1v) is 12.1. The van der Waals surface area contributed by atoms with Crippen molar-refractivity contribution in [2.24, 2.45) is 5.41 Å². The molecule has 0 saturated heterocycles. The molecular weight excluding hydrogens is 434 g/mol. The molecule has 0 aliphatic heterocycles. The van der Waals surface area contributed by atoms with E-state index in [1.54, 1.807) is 6.07 Å². The molecule has 6 heteroatoms. The Balaban J connectivity index is 3.15. The van der Waals surface area contributed by atoms with Crippen LogP contribution in [-0.4, -0.2) is 34.7 Å². The minimum atomic E-state index is -1.07. The van der Waals surface area contributed by atoms with E-state index in [0.29, 0.717) is 12.0 Å². The summed E-state index contributed by atoms with van der Waals surface area (Å²) in [6.07, 6.45) is 7.10. The highest BCUT2D eigenvalue weighted by molar-refractivity contribution is 7.84. The van der Waals surface area contributed by atoms with Gasteiger partial charge in [0, 0.05) is 11.0 Å². The van der Waals surface area contributed by atoms with Crippen LogP contribution in [0.15, 0.2) is 40.8 Å². The number of aliphatic hydroxyl groups is 1. The lowest BCUT2D eigenvalue weighted by atomic mass is 9.74. The molecule has 1 aromatic carbocycles. The molecule has 0 fully saturated rings. The third kappa shape index (κ3) is 8.04. The molecule has 1 atom stereocenters. The van der Waals surface area contributed by atoms with E-state index >= 15 is 0 Å². The number of carboxylic acid groups (broad SMARTS) is 1. The number of benzene rings is 1. The van der Waals surface area contributed by atoms with Crippen molar-refractivity contribution < 1.29 is 19.8 Å². The zero-order valence-corrected chi connectivity index (χ0v) is 22.1. The largest absolute Gasteiger partial charge is 0.480 e. The van der Waals surface area contributed by atoms with Crippen LogP contribution in [0.2, 0.25) is 0 Å². The summed E-state index contributed by atoms with van der Waals surface area (Å²) in [6.45, 7) is 13.9. The summed E-state index contributed by atoms with van der Waals surface area (Å²) >= 11 is 4.91. The van der Waals surface area contributed by atoms with E-state index in [2.05, 4.69) is 38.2 Å². The summed E-state index contributed by atoms with van der Waals surface area (Å²) in [7, 11) is 0. The van der Waals surface area contributed by atoms with E-state index in [1.165, 1.54) is 0 Å². The van der Waals surface area contributed by atoms with Crippen LogP contribution in [0.5, 0.6) is 0 Å². The highest BCUT2D eigenvalue weighted by Gasteiger charge is 2.32. The Labute approximate surface area is 204 Å². The van der Waals surface area contributed by atoms with Crippen LogP contribution in [0.4, 0.5) is 0 Å². The average molecular weight is 476 g/mol. The minimum Gasteiger partial charge on any atom is -0.480 e. The monoisotopic (exact) mass is 475 g/mol. The number of nitrogens with one attached hydrogen (secondary N) is 1. The third-order valence-corrected chi connectivity index (χ3v) is 6.95. The van der Waals surface area contributed by atoms with Crippen molar-refractivity contribution in [3.05, 3.63) is 57.5 Å². The van der Waals surface area contributed by atoms with E-state index in [0.717, 1.165) is 40.9 Å². The van der Waals surface area contributed by atoms with E-state index in [-0.39, 0.29) is 16.9 Å². The molecule has 0 aliphatic carbocycles. The molecule has 0 bridgehead atoms. The van der Waals surface area contributed by atoms with Crippen molar-refractivity contribution in [1.29, 1.82) is 0 Å². The van der Waals surface area contributed by atoms with Crippen molar-refractivity contribution in [3.8, 4) is 0 Å². The maximum Gasteiger partial charge on any atom is 0.322 e. The molecule has 33 heavy (non-hydrogen) atoms. The second-order valence-corrected chi connectivity index (χ2v) is 10.3. The van der Waals surface area contributed by atoms with Gasteiger partial charge in [0.15, 0.2) is 0 Å². The number of aryl methyl sites for hydroxylation is 1. The molecular formula is C27H41NO4S. The number of thiol groups is 1. The van der Waals surface area contributed by atoms with E-state index < -0.39 is 18.4 Å². The number of aliphatic hydroxyl groups excluding tert-OH is 1. The molecule has 1 unspecified atom stereocenters. The van der Waals surface area contributed by atoms with Crippen LogP contribution in [0, 0.1) is 12.3 Å². The maximum absolute atomic E-state index is 12.3. The molecule has 1 amide bonds. The lowest BCUT2D eigenvalue weighted by Crippen LogP contribution is -2.30. The van der Waals surface area contributed by atoms with E-state index in [9.17, 15) is 14.7 Å². The van der Waals surface area contributed by atoms with Crippen molar-refractivity contribution in [2.45, 2.75) is 85.7 Å². The standard InChI is InChI=1S/C27H41NO4S/c1-8-27(9-2,23(33)15-18(3)11-10-12-22(29)26(5,6)7)20-13-14-21(19(4)16-20)25(32)28-17-24(30)31/h11,13-16,22,29,33H,8-10,12,17H2,1-7H3,(H,28,32)(H,30,31)/b18-11+,23-15-. The van der Waals surface area contributed by atoms with Crippen molar-refractivity contribution in [2.75, 3.05) is 6.54 Å². The van der Waals surface area contributed by atoms with E-state index in [1.807, 2.05) is 39.8 Å². The van der Waals surface area contributed by atoms with Gasteiger partial charge in [-0.2, -0.15) is 0 Å². The van der Waals surface area contributed by atoms with Gasteiger partial charge in [-0.3, -0.25) is 9.59 Å². The Bertz CT molecular complexity index is 892. The summed E-state index contributed by atoms with van der Waals surface area (Å²) in [5.41, 5.74) is 3.04. The summed E-state index contributed by atoms with van der Waals surface area (Å²) in [4.78, 5) is 24.0. The number of amides is 1. The first-order valence-electron chi connectivity index (χ1n) is 11.7. The number of rotatable bonds is 11. The molecule has 3 N–H and O–H groups in total. The van der Waals surface area contributed by atoms with Gasteiger partial charge in [-0.1, -0.05) is 58.4 Å². The SMILES string of the molecule is CCC(CC)(/C(S)=C/C(C)=C/CCC(O)C(C)(C)C)c1ccc(C(=O)NCC(=O)O)c(C)c1. The Morgan fingerprint density at radius 2 is 1.79 bits per heavy atom. The third-order valence-electron chi connectivity index (χ3n) is 6.39. The quantitative estimate of drug-likeness (QED) is 0.240. The zero-order chi connectivity index (χ0) is 25.4. The van der Waals surface area contributed by atoms with Crippen molar-refractivity contribution in [3.63, 3.8) is 0 Å². The van der Waals surface area contributed by atoms with Gasteiger partial charge in [-0.25, -0.2) is 0 Å². The fraction of sp³-hybridized carbons (Fsp3) is 0.556. The number of carbonyl (C=O) groups excluding carboxylic acids is 1. The predicted molar refractivity (Wildman–Crippen MR) is 139 cm³/mol. The number of hydrogen-bond donors (Lipinski definition) is 4. The molecule has 0 radical (unpaired) electrons. The normalized spacial score (nSPS) is 14.2. The minimum absolute atomic E-state index is 0.125. The summed E-state index contributed by atoms with van der Waals surface area (Å²) in [5.74, 6) is -1.47. The molecule has 5 nitrogen and oxygen atoms in total. The van der Waals surface area contributed by atoms with Gasteiger partial charge in [0.1, 0.15) is 6.54 Å². The number of carboxylic acids is 1. The lowest BCUT2D eigenvalue weighted by molar-refractivity contribution is -0.135. The first kappa shape index (κ1) is 29.0. The van der Waals surface area contributed by atoms with E-state index in [4.69, 9.17) is 17.7 Å². The summed E-state index contributed by atoms with van der Waals surface area (Å²) in [5, 5.41) is 21.5. The van der Waals surface area contributed by atoms with Crippen LogP contribution >= 0.6 is 12.6 Å². The second kappa shape index (κ2) is 12.4. The van der Waals surface area contributed by atoms with Crippen molar-refractivity contribution in [1.82, 2.24) is 5.32 Å². The highest BCUT2D eigenvalue weighted by Crippen LogP contribution is 2.42. The Hall–Kier alpha value is -2.05. The molecule has 0 saturated carbocycles. The molecule has 0 aromatic heterocycles. The predicted octanol–water partition coefficient (Wildman–Crippen LogP) is 5.81. The molecule has 1 aromatic rings. The number of carbonyl (C=O) groups is 2. The Kier molecular flexibility index (Phi) is 10.9. The Morgan fingerprint density at radius 3 is 2.27 bits per heavy atom. The van der Waals surface area contributed by atoms with Crippen LogP contribution in [0.3, 0.4) is 0 Å². The number of allylic oxidation sites excluding steroid dienone is 4. The first-order chi connectivity index (χ1) is 15.3. The van der Waals surface area contributed by atoms with Crippen LogP contribution in [0.25, 0.3) is 0 Å². The Morgan fingerprint density at radius 1 is 1.18 bits per heavy atom. The summed E-state index contributed by atoms with van der Waals surface area (Å²) in [6, 6.07) is 5.71. The lowest BCUT2D eigenvalue weighted by Gasteiger charge is -2.34. The highest BCUT2D eigenvalue weighted by atomic mass is 32.1. The number of hydrogen-bond acceptors (Lipinski definition) is 4. The summed E-state index contributed by atoms with van der Waals surface area (Å²) < 4.78 is 0. The topological polar surface area (TPSA) is 86.6 Å². The van der Waals surface area contributed by atoms with Gasteiger partial charge in [-0.05, 0) is 73.1 Å². The van der Waals surface area contributed by atoms with Gasteiger partial charge in [0.2, 0.25) is 0 Å². The average Bonchev–Trinajstić information content (AvgIpc) is 2.72. The van der Waals surface area contributed by atoms with Crippen LogP contribution < -0.4 is 5.32 Å². The molecule has 0 heterocycles. The molecule has 1 rings (SSSR count). The maximum atomic E-state index is 12.3. The number of aliphatic carboxylic acids is 1. The fourth-order valence-corrected chi connectivity index (χ4v) is 4.60. The van der Waals surface area contributed by atoms with Gasteiger partial charge >= 0.3 is 5.97 Å². The molecule has 0 spiro atoms. The second-order valence-electron chi connectivity index (χ2n) is 9.83. The van der Waals surface area contributed by atoms with Crippen LogP contribution in [-0.2, 0) is 10.2 Å². The van der Waals surface area contributed by atoms with Gasteiger partial charge in [0.25, 0.3) is 5.91 Å².